The van der Waals surface area contributed by atoms with Crippen LogP contribution in [0.4, 0.5) is 5.69 Å². The Morgan fingerprint density at radius 3 is 2.88 bits per heavy atom. The highest BCUT2D eigenvalue weighted by Crippen LogP contribution is 2.34. The van der Waals surface area contributed by atoms with Gasteiger partial charge in [0.2, 0.25) is 0 Å². The molecule has 0 aliphatic heterocycles. The van der Waals surface area contributed by atoms with Crippen molar-refractivity contribution in [1.82, 2.24) is 15.2 Å². The van der Waals surface area contributed by atoms with Crippen LogP contribution in [0.1, 0.15) is 5.69 Å². The van der Waals surface area contributed by atoms with Gasteiger partial charge in [0.05, 0.1) is 17.6 Å². The predicted molar refractivity (Wildman–Crippen MR) is 70.0 cm³/mol. The zero-order chi connectivity index (χ0) is 12.0. The third kappa shape index (κ3) is 1.49. The number of hydrogen-bond acceptors (Lipinski definition) is 2. The van der Waals surface area contributed by atoms with Crippen LogP contribution in [0.15, 0.2) is 24.4 Å². The van der Waals surface area contributed by atoms with Crippen LogP contribution >= 0.6 is 11.6 Å². The molecular formula is C12H11ClN4. The van der Waals surface area contributed by atoms with E-state index in [1.54, 1.807) is 6.20 Å². The van der Waals surface area contributed by atoms with Gasteiger partial charge in [-0.1, -0.05) is 11.6 Å². The number of hydrogen-bond donors (Lipinski definition) is 3. The molecule has 0 unspecified atom stereocenters. The van der Waals surface area contributed by atoms with Gasteiger partial charge in [-0.2, -0.15) is 5.10 Å². The fraction of sp³-hybridized carbons (Fsp3) is 0.0833. The Kier molecular flexibility index (Phi) is 2.12. The molecule has 0 amide bonds. The highest BCUT2D eigenvalue weighted by Gasteiger charge is 2.14. The molecule has 0 fully saturated rings. The summed E-state index contributed by atoms with van der Waals surface area (Å²) in [4.78, 5) is 3.31. The van der Waals surface area contributed by atoms with Crippen LogP contribution in [0.5, 0.6) is 0 Å². The van der Waals surface area contributed by atoms with Crippen molar-refractivity contribution in [3.05, 3.63) is 35.1 Å². The molecule has 3 aromatic rings. The summed E-state index contributed by atoms with van der Waals surface area (Å²) in [6.07, 6.45) is 1.61. The van der Waals surface area contributed by atoms with Crippen molar-refractivity contribution in [1.29, 1.82) is 0 Å². The molecule has 0 saturated heterocycles. The van der Waals surface area contributed by atoms with Crippen LogP contribution < -0.4 is 5.73 Å². The van der Waals surface area contributed by atoms with E-state index >= 15 is 0 Å². The molecule has 4 nitrogen and oxygen atoms in total. The number of H-pyrrole nitrogens is 2. The zero-order valence-corrected chi connectivity index (χ0v) is 9.97. The minimum Gasteiger partial charge on any atom is -0.396 e. The number of aryl methyl sites for hydroxylation is 1. The van der Waals surface area contributed by atoms with Crippen molar-refractivity contribution in [3.8, 4) is 11.3 Å². The Bertz CT molecular complexity index is 696. The summed E-state index contributed by atoms with van der Waals surface area (Å²) in [6, 6.07) is 5.75. The van der Waals surface area contributed by atoms with Crippen molar-refractivity contribution in [2.24, 2.45) is 0 Å². The lowest BCUT2D eigenvalue weighted by molar-refractivity contribution is 1.09. The van der Waals surface area contributed by atoms with Gasteiger partial charge in [-0.15, -0.1) is 0 Å². The highest BCUT2D eigenvalue weighted by atomic mass is 35.5. The second kappa shape index (κ2) is 3.53. The second-order valence-electron chi connectivity index (χ2n) is 4.02. The minimum atomic E-state index is 0.633. The maximum absolute atomic E-state index is 6.03. The first-order valence-corrected chi connectivity index (χ1v) is 5.61. The van der Waals surface area contributed by atoms with Crippen molar-refractivity contribution >= 4 is 28.2 Å². The monoisotopic (exact) mass is 246 g/mol. The molecule has 5 heteroatoms. The number of halogens is 1. The maximum atomic E-state index is 6.03. The van der Waals surface area contributed by atoms with Gasteiger partial charge in [0.25, 0.3) is 0 Å². The van der Waals surface area contributed by atoms with Crippen LogP contribution in [0.2, 0.25) is 5.02 Å². The van der Waals surface area contributed by atoms with E-state index in [0.29, 0.717) is 10.7 Å². The number of anilines is 1. The summed E-state index contributed by atoms with van der Waals surface area (Å²) in [6.45, 7) is 2.00. The molecule has 17 heavy (non-hydrogen) atoms. The lowest BCUT2D eigenvalue weighted by Gasteiger charge is -2.00. The predicted octanol–water partition coefficient (Wildman–Crippen LogP) is 3.10. The van der Waals surface area contributed by atoms with Gasteiger partial charge in [0, 0.05) is 27.2 Å². The molecule has 0 aliphatic rings. The lowest BCUT2D eigenvalue weighted by Crippen LogP contribution is -1.87. The van der Waals surface area contributed by atoms with E-state index in [1.165, 1.54) is 0 Å². The first-order chi connectivity index (χ1) is 8.16. The highest BCUT2D eigenvalue weighted by molar-refractivity contribution is 6.31. The second-order valence-corrected chi connectivity index (χ2v) is 4.45. The van der Waals surface area contributed by atoms with Gasteiger partial charge in [0.15, 0.2) is 0 Å². The number of nitrogens with one attached hydrogen (secondary N) is 2. The maximum Gasteiger partial charge on any atom is 0.0904 e. The number of nitrogens with zero attached hydrogens (tertiary/aromatic N) is 1. The summed E-state index contributed by atoms with van der Waals surface area (Å²) in [7, 11) is 0. The average molecular weight is 247 g/mol. The Labute approximate surface area is 103 Å². The van der Waals surface area contributed by atoms with Crippen molar-refractivity contribution in [3.63, 3.8) is 0 Å². The lowest BCUT2D eigenvalue weighted by atomic mass is 10.1. The normalized spacial score (nSPS) is 11.2. The molecule has 1 aromatic carbocycles. The quantitative estimate of drug-likeness (QED) is 0.617. The average Bonchev–Trinajstić information content (AvgIpc) is 2.81. The summed E-state index contributed by atoms with van der Waals surface area (Å²) in [5.41, 5.74) is 10.5. The standard InChI is InChI=1S/C12H11ClN4/c1-6-11(12-9(14)5-15-17-12)8-4-7(13)2-3-10(8)16-6/h2-5,16H,14H2,1H3,(H,15,17). The molecule has 0 saturated carbocycles. The largest absolute Gasteiger partial charge is 0.396 e. The number of nitrogens with two attached hydrogens (primary N) is 1. The molecule has 0 spiro atoms. The molecule has 0 atom stereocenters. The summed E-state index contributed by atoms with van der Waals surface area (Å²) >= 11 is 6.03. The topological polar surface area (TPSA) is 70.5 Å². The third-order valence-electron chi connectivity index (χ3n) is 2.87. The third-order valence-corrected chi connectivity index (χ3v) is 3.10. The van der Waals surface area contributed by atoms with E-state index in [-0.39, 0.29) is 0 Å². The van der Waals surface area contributed by atoms with Crippen molar-refractivity contribution in [2.75, 3.05) is 5.73 Å². The van der Waals surface area contributed by atoms with Gasteiger partial charge >= 0.3 is 0 Å². The SMILES string of the molecule is Cc1[nH]c2ccc(Cl)cc2c1-c1[nH]ncc1N. The molecule has 0 bridgehead atoms. The molecule has 3 rings (SSSR count). The van der Waals surface area contributed by atoms with E-state index in [0.717, 1.165) is 27.9 Å². The first kappa shape index (κ1) is 10.2. The number of rotatable bonds is 1. The number of fused-ring (bicyclic) bond motifs is 1. The summed E-state index contributed by atoms with van der Waals surface area (Å²) < 4.78 is 0. The Balaban J connectivity index is 2.39. The summed E-state index contributed by atoms with van der Waals surface area (Å²) in [5, 5.41) is 8.63. The van der Waals surface area contributed by atoms with Crippen LogP contribution in [0.25, 0.3) is 22.2 Å². The van der Waals surface area contributed by atoms with Gasteiger partial charge in [-0.3, -0.25) is 5.10 Å². The zero-order valence-electron chi connectivity index (χ0n) is 9.21. The van der Waals surface area contributed by atoms with Crippen molar-refractivity contribution in [2.45, 2.75) is 6.92 Å². The number of benzene rings is 1. The molecule has 2 heterocycles. The molecule has 2 aromatic heterocycles. The first-order valence-electron chi connectivity index (χ1n) is 5.24. The molecule has 86 valence electrons. The van der Waals surface area contributed by atoms with Gasteiger partial charge in [-0.25, -0.2) is 0 Å². The van der Waals surface area contributed by atoms with Gasteiger partial charge in [0.1, 0.15) is 0 Å². The van der Waals surface area contributed by atoms with E-state index < -0.39 is 0 Å². The van der Waals surface area contributed by atoms with E-state index in [2.05, 4.69) is 15.2 Å². The number of aromatic amines is 2. The minimum absolute atomic E-state index is 0.633. The Morgan fingerprint density at radius 1 is 1.35 bits per heavy atom. The van der Waals surface area contributed by atoms with Crippen LogP contribution in [-0.4, -0.2) is 15.2 Å². The molecule has 0 radical (unpaired) electrons. The summed E-state index contributed by atoms with van der Waals surface area (Å²) in [5.74, 6) is 0. The molecular weight excluding hydrogens is 236 g/mol. The Morgan fingerprint density at radius 2 is 2.18 bits per heavy atom. The van der Waals surface area contributed by atoms with E-state index in [9.17, 15) is 0 Å². The van der Waals surface area contributed by atoms with E-state index in [4.69, 9.17) is 17.3 Å². The van der Waals surface area contributed by atoms with Crippen LogP contribution in [0.3, 0.4) is 0 Å². The van der Waals surface area contributed by atoms with Crippen LogP contribution in [0, 0.1) is 6.92 Å². The number of aromatic nitrogens is 3. The Hall–Kier alpha value is -1.94. The fourth-order valence-corrected chi connectivity index (χ4v) is 2.29. The molecule has 0 aliphatic carbocycles. The fourth-order valence-electron chi connectivity index (χ4n) is 2.12. The van der Waals surface area contributed by atoms with Gasteiger partial charge < -0.3 is 10.7 Å². The van der Waals surface area contributed by atoms with Crippen LogP contribution in [-0.2, 0) is 0 Å². The van der Waals surface area contributed by atoms with Gasteiger partial charge in [-0.05, 0) is 25.1 Å². The van der Waals surface area contributed by atoms with Crippen molar-refractivity contribution < 1.29 is 0 Å². The van der Waals surface area contributed by atoms with E-state index in [1.807, 2.05) is 25.1 Å². The molecule has 4 N–H and O–H groups in total. The number of nitrogen functional groups attached to an aromatic ring is 1. The smallest absolute Gasteiger partial charge is 0.0904 e.